The van der Waals surface area contributed by atoms with Gasteiger partial charge in [0, 0.05) is 11.1 Å². The van der Waals surface area contributed by atoms with Crippen LogP contribution >= 0.6 is 0 Å². The molecule has 10 atom stereocenters. The second kappa shape index (κ2) is 21.4. The fourth-order valence-electron chi connectivity index (χ4n) is 7.76. The number of carboxylic acids is 2. The molecule has 2 saturated heterocycles. The highest BCUT2D eigenvalue weighted by molar-refractivity contribution is 5.76. The van der Waals surface area contributed by atoms with Gasteiger partial charge in [-0.05, 0) is 83.3 Å². The lowest BCUT2D eigenvalue weighted by molar-refractivity contribution is -0.277. The predicted octanol–water partition coefficient (Wildman–Crippen LogP) is 1.98. The van der Waals surface area contributed by atoms with Crippen LogP contribution in [0.3, 0.4) is 0 Å². The van der Waals surface area contributed by atoms with Gasteiger partial charge in [0.05, 0.1) is 26.1 Å². The molecule has 16 nitrogen and oxygen atoms in total. The number of aryl methyl sites for hydroxylation is 2. The van der Waals surface area contributed by atoms with Crippen molar-refractivity contribution >= 4 is 11.9 Å². The summed E-state index contributed by atoms with van der Waals surface area (Å²) >= 11 is 0. The van der Waals surface area contributed by atoms with Crippen LogP contribution in [0, 0.1) is 0 Å². The number of benzene rings is 4. The second-order valence-corrected chi connectivity index (χ2v) is 15.7. The molecule has 4 aromatic carbocycles. The normalized spacial score (nSPS) is 26.2. The molecule has 334 valence electrons. The summed E-state index contributed by atoms with van der Waals surface area (Å²) in [6.07, 6.45) is -10.3. The van der Waals surface area contributed by atoms with Gasteiger partial charge in [0.1, 0.15) is 60.3 Å². The average Bonchev–Trinajstić information content (AvgIpc) is 3.25. The quantitative estimate of drug-likeness (QED) is 0.0604. The van der Waals surface area contributed by atoms with Crippen LogP contribution in [-0.4, -0.2) is 138 Å². The van der Waals surface area contributed by atoms with Crippen LogP contribution < -0.4 is 9.47 Å². The summed E-state index contributed by atoms with van der Waals surface area (Å²) in [6, 6.07) is 24.9. The number of carboxylic acid groups (broad SMARTS) is 2. The van der Waals surface area contributed by atoms with E-state index in [1.165, 1.54) is 0 Å². The van der Waals surface area contributed by atoms with Gasteiger partial charge in [0.2, 0.25) is 12.6 Å². The molecular formula is C46H54O16. The summed E-state index contributed by atoms with van der Waals surface area (Å²) in [7, 11) is 0. The van der Waals surface area contributed by atoms with Gasteiger partial charge in [0.15, 0.2) is 0 Å². The third-order valence-electron chi connectivity index (χ3n) is 11.1. The van der Waals surface area contributed by atoms with E-state index < -0.39 is 86.6 Å². The summed E-state index contributed by atoms with van der Waals surface area (Å²) in [4.78, 5) is 23.0. The Kier molecular flexibility index (Phi) is 16.1. The first kappa shape index (κ1) is 46.5. The highest BCUT2D eigenvalue weighted by Crippen LogP contribution is 2.37. The van der Waals surface area contributed by atoms with Crippen LogP contribution in [-0.2, 0) is 44.7 Å². The van der Waals surface area contributed by atoms with Crippen LogP contribution in [0.5, 0.6) is 11.5 Å². The first-order valence-electron chi connectivity index (χ1n) is 20.6. The maximum absolute atomic E-state index is 11.5. The number of ether oxygens (including phenoxy) is 4. The Morgan fingerprint density at radius 1 is 0.484 bits per heavy atom. The molecule has 2 aliphatic rings. The third kappa shape index (κ3) is 11.5. The van der Waals surface area contributed by atoms with Crippen LogP contribution in [0.15, 0.2) is 84.9 Å². The molecule has 0 unspecified atom stereocenters. The molecule has 16 heteroatoms. The Hall–Kier alpha value is -4.98. The average molecular weight is 863 g/mol. The number of rotatable bonds is 19. The lowest BCUT2D eigenvalue weighted by Gasteiger charge is -2.39. The van der Waals surface area contributed by atoms with Gasteiger partial charge in [-0.2, -0.15) is 0 Å². The van der Waals surface area contributed by atoms with E-state index >= 15 is 0 Å². The zero-order valence-electron chi connectivity index (χ0n) is 33.8. The molecule has 0 radical (unpaired) electrons. The van der Waals surface area contributed by atoms with E-state index in [9.17, 15) is 60.7 Å². The van der Waals surface area contributed by atoms with Crippen LogP contribution in [0.2, 0.25) is 0 Å². The predicted molar refractivity (Wildman–Crippen MR) is 221 cm³/mol. The van der Waals surface area contributed by atoms with Crippen molar-refractivity contribution in [2.45, 2.75) is 113 Å². The number of aliphatic hydroxyl groups is 8. The molecule has 2 heterocycles. The monoisotopic (exact) mass is 862 g/mol. The van der Waals surface area contributed by atoms with E-state index in [0.717, 1.165) is 36.8 Å². The minimum absolute atomic E-state index is 0.197. The number of aliphatic hydroxyl groups excluding tert-OH is 8. The van der Waals surface area contributed by atoms with Gasteiger partial charge in [-0.15, -0.1) is 0 Å². The van der Waals surface area contributed by atoms with E-state index in [0.29, 0.717) is 46.2 Å². The number of aliphatic carboxylic acids is 2. The molecule has 2 aliphatic heterocycles. The van der Waals surface area contributed by atoms with Crippen molar-refractivity contribution in [1.82, 2.24) is 0 Å². The fraction of sp³-hybridized carbons (Fsp3) is 0.435. The van der Waals surface area contributed by atoms with Crippen molar-refractivity contribution in [2.24, 2.45) is 0 Å². The maximum Gasteiger partial charge on any atom is 0.307 e. The van der Waals surface area contributed by atoms with Crippen molar-refractivity contribution in [2.75, 3.05) is 13.2 Å². The summed E-state index contributed by atoms with van der Waals surface area (Å²) in [5.41, 5.74) is 5.56. The van der Waals surface area contributed by atoms with Crippen molar-refractivity contribution in [1.29, 1.82) is 0 Å². The minimum atomic E-state index is -1.63. The number of hydrogen-bond donors (Lipinski definition) is 10. The Labute approximate surface area is 357 Å². The molecule has 62 heavy (non-hydrogen) atoms. The van der Waals surface area contributed by atoms with E-state index in [-0.39, 0.29) is 24.3 Å². The van der Waals surface area contributed by atoms with Gasteiger partial charge in [0.25, 0.3) is 0 Å². The third-order valence-corrected chi connectivity index (χ3v) is 11.1. The molecule has 0 aliphatic carbocycles. The van der Waals surface area contributed by atoms with Crippen molar-refractivity contribution in [3.63, 3.8) is 0 Å². The molecular weight excluding hydrogens is 808 g/mol. The summed E-state index contributed by atoms with van der Waals surface area (Å²) in [5, 5.41) is 101. The van der Waals surface area contributed by atoms with E-state index in [1.807, 2.05) is 24.3 Å². The summed E-state index contributed by atoms with van der Waals surface area (Å²) < 4.78 is 23.3. The molecule has 0 amide bonds. The van der Waals surface area contributed by atoms with Gasteiger partial charge in [-0.1, -0.05) is 73.5 Å². The van der Waals surface area contributed by atoms with Gasteiger partial charge in [-0.25, -0.2) is 0 Å². The fourth-order valence-corrected chi connectivity index (χ4v) is 7.76. The Balaban J connectivity index is 1.13. The molecule has 6 rings (SSSR count). The standard InChI is InChI=1S/C46H54O16/c47-23-35-39(53)41(55)43(57)45(61-35)59-33-15-13-25(19-31(33)29-11-5-9-27(17-29)21-37(49)50)7-3-1-2-4-8-26-14-16-34(60-46-44(58)42(56)40(54)36(24-48)62-46)32(20-26)30-12-6-10-28(18-30)22-38(51)52/h5-6,9-20,35-36,39-48,53-58H,1-4,7-8,21-24H2,(H,49,50)(H,51,52)/t35-,36-,39-,40-,41+,42+,43+,44+,45-,46+/m1/s1. The van der Waals surface area contributed by atoms with E-state index in [2.05, 4.69) is 0 Å². The van der Waals surface area contributed by atoms with Crippen LogP contribution in [0.1, 0.15) is 47.9 Å². The molecule has 2 fully saturated rings. The Morgan fingerprint density at radius 2 is 0.887 bits per heavy atom. The number of unbranched alkanes of at least 4 members (excludes halogenated alkanes) is 3. The smallest absolute Gasteiger partial charge is 0.307 e. The molecule has 10 N–H and O–H groups in total. The summed E-state index contributed by atoms with van der Waals surface area (Å²) in [6.45, 7) is -1.23. The van der Waals surface area contributed by atoms with Gasteiger partial charge < -0.3 is 70.0 Å². The lowest BCUT2D eigenvalue weighted by atomic mass is 9.95. The van der Waals surface area contributed by atoms with Gasteiger partial charge >= 0.3 is 11.9 Å². The largest absolute Gasteiger partial charge is 0.481 e. The lowest BCUT2D eigenvalue weighted by Crippen LogP contribution is -2.60. The minimum Gasteiger partial charge on any atom is -0.481 e. The van der Waals surface area contributed by atoms with E-state index in [4.69, 9.17) is 18.9 Å². The SMILES string of the molecule is O=C(O)Cc1cccc(-c2cc(CCCCCCc3ccc(O[C@H]4O[C@H](CO)[C@@H](O)[C@H](O)[C@@H]4O)c(-c4cccc(CC(=O)O)c4)c3)ccc2O[C@@H]2O[C@H](CO)[C@@H](O)[C@H](O)[C@@H]2O)c1. The highest BCUT2D eigenvalue weighted by Gasteiger charge is 2.46. The molecule has 0 bridgehead atoms. The maximum atomic E-state index is 11.5. The first-order valence-corrected chi connectivity index (χ1v) is 20.6. The Morgan fingerprint density at radius 3 is 1.26 bits per heavy atom. The van der Waals surface area contributed by atoms with Crippen LogP contribution in [0.25, 0.3) is 22.3 Å². The molecule has 0 spiro atoms. The van der Waals surface area contributed by atoms with Gasteiger partial charge in [-0.3, -0.25) is 9.59 Å². The first-order chi connectivity index (χ1) is 29.8. The number of hydrogen-bond acceptors (Lipinski definition) is 14. The summed E-state index contributed by atoms with van der Waals surface area (Å²) in [5.74, 6) is -1.42. The zero-order valence-corrected chi connectivity index (χ0v) is 33.8. The second-order valence-electron chi connectivity index (χ2n) is 15.7. The molecule has 4 aromatic rings. The zero-order chi connectivity index (χ0) is 44.5. The molecule has 0 saturated carbocycles. The number of carbonyl (C=O) groups is 2. The van der Waals surface area contributed by atoms with E-state index in [1.54, 1.807) is 60.7 Å². The van der Waals surface area contributed by atoms with Crippen molar-refractivity contribution in [3.8, 4) is 33.8 Å². The highest BCUT2D eigenvalue weighted by atomic mass is 16.7. The van der Waals surface area contributed by atoms with Crippen LogP contribution in [0.4, 0.5) is 0 Å². The van der Waals surface area contributed by atoms with Crippen molar-refractivity contribution in [3.05, 3.63) is 107 Å². The van der Waals surface area contributed by atoms with Crippen molar-refractivity contribution < 1.29 is 79.6 Å². The molecule has 0 aromatic heterocycles. The Bertz CT molecular complexity index is 1970. The topological polar surface area (TPSA) is 273 Å².